The molecule has 0 unspecified atom stereocenters. The zero-order chi connectivity index (χ0) is 14.0. The molecule has 2 aromatic rings. The van der Waals surface area contributed by atoms with Crippen LogP contribution in [-0.4, -0.2) is 4.98 Å². The molecular formula is C17H20N2. The van der Waals surface area contributed by atoms with Gasteiger partial charge >= 0.3 is 0 Å². The summed E-state index contributed by atoms with van der Waals surface area (Å²) in [6.07, 6.45) is 1.91. The molecule has 0 spiro atoms. The van der Waals surface area contributed by atoms with Gasteiger partial charge in [-0.25, -0.2) is 4.98 Å². The Morgan fingerprint density at radius 3 is 2.16 bits per heavy atom. The number of hydrogen-bond donors (Lipinski definition) is 1. The first kappa shape index (κ1) is 13.3. The van der Waals surface area contributed by atoms with Crippen LogP contribution in [-0.2, 0) is 0 Å². The van der Waals surface area contributed by atoms with Crippen molar-refractivity contribution in [3.05, 3.63) is 59.4 Å². The average molecular weight is 252 g/mol. The zero-order valence-electron chi connectivity index (χ0n) is 12.0. The van der Waals surface area contributed by atoms with E-state index in [-0.39, 0.29) is 0 Å². The predicted octanol–water partition coefficient (Wildman–Crippen LogP) is 4.62. The summed E-state index contributed by atoms with van der Waals surface area (Å²) in [6.45, 7) is 12.1. The summed E-state index contributed by atoms with van der Waals surface area (Å²) in [5.74, 6) is 0.876. The highest BCUT2D eigenvalue weighted by Gasteiger charge is 2.04. The van der Waals surface area contributed by atoms with Crippen molar-refractivity contribution in [3.63, 3.8) is 0 Å². The van der Waals surface area contributed by atoms with Crippen LogP contribution in [0.1, 0.15) is 23.6 Å². The van der Waals surface area contributed by atoms with Crippen LogP contribution < -0.4 is 5.32 Å². The first-order valence-corrected chi connectivity index (χ1v) is 6.43. The van der Waals surface area contributed by atoms with Gasteiger partial charge in [0, 0.05) is 17.5 Å². The molecule has 0 aliphatic rings. The number of rotatable bonds is 3. The minimum atomic E-state index is 0.876. The summed E-state index contributed by atoms with van der Waals surface area (Å²) >= 11 is 0. The van der Waals surface area contributed by atoms with Crippen molar-refractivity contribution in [1.82, 2.24) is 4.98 Å². The molecule has 1 heterocycles. The van der Waals surface area contributed by atoms with Crippen molar-refractivity contribution in [2.75, 3.05) is 5.32 Å². The largest absolute Gasteiger partial charge is 0.344 e. The van der Waals surface area contributed by atoms with Crippen LogP contribution in [0.4, 0.5) is 5.82 Å². The van der Waals surface area contributed by atoms with Crippen LogP contribution in [0, 0.1) is 20.8 Å². The molecule has 19 heavy (non-hydrogen) atoms. The molecule has 1 aromatic carbocycles. The summed E-state index contributed by atoms with van der Waals surface area (Å²) < 4.78 is 0. The lowest BCUT2D eigenvalue weighted by molar-refractivity contribution is 1.22. The summed E-state index contributed by atoms with van der Waals surface area (Å²) in [7, 11) is 0. The standard InChI is InChI=1S/C17H20N2/c1-11(2)19-17-14(5)9-16(10-18-17)15-7-12(3)6-13(4)8-15/h6-10H,1H2,2-5H3,(H,18,19). The molecule has 2 heteroatoms. The highest BCUT2D eigenvalue weighted by Crippen LogP contribution is 2.25. The first-order valence-electron chi connectivity index (χ1n) is 6.43. The van der Waals surface area contributed by atoms with Crippen molar-refractivity contribution in [2.45, 2.75) is 27.7 Å². The minimum absolute atomic E-state index is 0.876. The molecule has 1 aromatic heterocycles. The van der Waals surface area contributed by atoms with E-state index in [0.29, 0.717) is 0 Å². The van der Waals surface area contributed by atoms with Crippen LogP contribution in [0.5, 0.6) is 0 Å². The van der Waals surface area contributed by atoms with Crippen LogP contribution in [0.15, 0.2) is 42.7 Å². The number of benzene rings is 1. The third-order valence-electron chi connectivity index (χ3n) is 2.97. The Bertz CT molecular complexity index is 607. The molecule has 0 radical (unpaired) electrons. The van der Waals surface area contributed by atoms with Gasteiger partial charge < -0.3 is 5.32 Å². The van der Waals surface area contributed by atoms with Gasteiger partial charge in [0.1, 0.15) is 5.82 Å². The molecule has 1 N–H and O–H groups in total. The van der Waals surface area contributed by atoms with E-state index in [1.54, 1.807) is 0 Å². The van der Waals surface area contributed by atoms with E-state index >= 15 is 0 Å². The summed E-state index contributed by atoms with van der Waals surface area (Å²) in [6, 6.07) is 8.72. The quantitative estimate of drug-likeness (QED) is 0.862. The van der Waals surface area contributed by atoms with E-state index < -0.39 is 0 Å². The van der Waals surface area contributed by atoms with E-state index in [1.807, 2.05) is 13.1 Å². The number of nitrogens with zero attached hydrogens (tertiary/aromatic N) is 1. The number of aromatic nitrogens is 1. The molecule has 2 nitrogen and oxygen atoms in total. The number of allylic oxidation sites excluding steroid dienone is 1. The molecule has 98 valence electrons. The highest BCUT2D eigenvalue weighted by atomic mass is 15.0. The Kier molecular flexibility index (Phi) is 3.70. The molecule has 0 bridgehead atoms. The van der Waals surface area contributed by atoms with Gasteiger partial charge in [-0.1, -0.05) is 35.9 Å². The Labute approximate surface area is 115 Å². The Morgan fingerprint density at radius 1 is 1.00 bits per heavy atom. The van der Waals surface area contributed by atoms with Gasteiger partial charge in [0.2, 0.25) is 0 Å². The van der Waals surface area contributed by atoms with Gasteiger partial charge in [0.25, 0.3) is 0 Å². The van der Waals surface area contributed by atoms with Crippen LogP contribution in [0.25, 0.3) is 11.1 Å². The molecule has 0 amide bonds. The molecule has 0 saturated heterocycles. The second-order valence-corrected chi connectivity index (χ2v) is 5.17. The monoisotopic (exact) mass is 252 g/mol. The van der Waals surface area contributed by atoms with Gasteiger partial charge in [-0.05, 0) is 44.9 Å². The third-order valence-corrected chi connectivity index (χ3v) is 2.97. The topological polar surface area (TPSA) is 24.9 Å². The first-order chi connectivity index (χ1) is 8.95. The van der Waals surface area contributed by atoms with E-state index in [0.717, 1.165) is 22.6 Å². The number of anilines is 1. The van der Waals surface area contributed by atoms with Crippen molar-refractivity contribution in [3.8, 4) is 11.1 Å². The average Bonchev–Trinajstić information content (AvgIpc) is 2.30. The van der Waals surface area contributed by atoms with Gasteiger partial charge in [0.05, 0.1) is 0 Å². The lowest BCUT2D eigenvalue weighted by Gasteiger charge is -2.10. The molecule has 0 aliphatic carbocycles. The minimum Gasteiger partial charge on any atom is -0.344 e. The number of nitrogens with one attached hydrogen (secondary N) is 1. The Balaban J connectivity index is 2.41. The van der Waals surface area contributed by atoms with Crippen LogP contribution in [0.3, 0.4) is 0 Å². The second kappa shape index (κ2) is 5.27. The van der Waals surface area contributed by atoms with Crippen molar-refractivity contribution in [2.24, 2.45) is 0 Å². The lowest BCUT2D eigenvalue weighted by atomic mass is 10.0. The molecular weight excluding hydrogens is 232 g/mol. The predicted molar refractivity (Wildman–Crippen MR) is 82.3 cm³/mol. The number of hydrogen-bond acceptors (Lipinski definition) is 2. The van der Waals surface area contributed by atoms with E-state index in [4.69, 9.17) is 0 Å². The summed E-state index contributed by atoms with van der Waals surface area (Å²) in [5.41, 5.74) is 6.94. The molecule has 0 saturated carbocycles. The van der Waals surface area contributed by atoms with E-state index in [9.17, 15) is 0 Å². The van der Waals surface area contributed by atoms with Gasteiger partial charge in [-0.15, -0.1) is 0 Å². The second-order valence-electron chi connectivity index (χ2n) is 5.17. The fourth-order valence-electron chi connectivity index (χ4n) is 2.21. The molecule has 0 atom stereocenters. The van der Waals surface area contributed by atoms with Crippen LogP contribution in [0.2, 0.25) is 0 Å². The van der Waals surface area contributed by atoms with E-state index in [1.165, 1.54) is 16.7 Å². The summed E-state index contributed by atoms with van der Waals surface area (Å²) in [4.78, 5) is 4.48. The third kappa shape index (κ3) is 3.22. The van der Waals surface area contributed by atoms with Gasteiger partial charge in [0.15, 0.2) is 0 Å². The zero-order valence-corrected chi connectivity index (χ0v) is 12.0. The highest BCUT2D eigenvalue weighted by molar-refractivity contribution is 5.67. The molecule has 0 aliphatic heterocycles. The van der Waals surface area contributed by atoms with Gasteiger partial charge in [-0.2, -0.15) is 0 Å². The smallest absolute Gasteiger partial charge is 0.132 e. The van der Waals surface area contributed by atoms with Crippen molar-refractivity contribution in [1.29, 1.82) is 0 Å². The maximum atomic E-state index is 4.48. The van der Waals surface area contributed by atoms with Gasteiger partial charge in [-0.3, -0.25) is 0 Å². The fraction of sp³-hybridized carbons (Fsp3) is 0.235. The number of aryl methyl sites for hydroxylation is 3. The molecule has 0 fully saturated rings. The van der Waals surface area contributed by atoms with Crippen molar-refractivity contribution < 1.29 is 0 Å². The Hall–Kier alpha value is -2.09. The lowest BCUT2D eigenvalue weighted by Crippen LogP contribution is -1.99. The normalized spacial score (nSPS) is 10.3. The molecule has 2 rings (SSSR count). The maximum Gasteiger partial charge on any atom is 0.132 e. The summed E-state index contributed by atoms with van der Waals surface area (Å²) in [5, 5.41) is 3.17. The Morgan fingerprint density at radius 2 is 1.63 bits per heavy atom. The van der Waals surface area contributed by atoms with Crippen LogP contribution >= 0.6 is 0 Å². The van der Waals surface area contributed by atoms with Crippen molar-refractivity contribution >= 4 is 5.82 Å². The fourth-order valence-corrected chi connectivity index (χ4v) is 2.21. The number of pyridine rings is 1. The SMILES string of the molecule is C=C(C)Nc1ncc(-c2cc(C)cc(C)c2)cc1C. The van der Waals surface area contributed by atoms with E-state index in [2.05, 4.69) is 61.9 Å². The maximum absolute atomic E-state index is 4.48.